The smallest absolute Gasteiger partial charge is 0.0598 e. The van der Waals surface area contributed by atoms with E-state index in [1.807, 2.05) is 0 Å². The summed E-state index contributed by atoms with van der Waals surface area (Å²) in [4.78, 5) is 0. The molecule has 2 rings (SSSR count). The maximum Gasteiger partial charge on any atom is 0.0598 e. The van der Waals surface area contributed by atoms with Crippen molar-refractivity contribution in [3.05, 3.63) is 0 Å². The van der Waals surface area contributed by atoms with Gasteiger partial charge in [0.15, 0.2) is 0 Å². The molecule has 1 spiro atoms. The van der Waals surface area contributed by atoms with Crippen LogP contribution in [-0.4, -0.2) is 12.2 Å². The molecule has 0 aromatic rings. The summed E-state index contributed by atoms with van der Waals surface area (Å²) in [6, 6.07) is 0. The first-order chi connectivity index (χ1) is 5.02. The second-order valence-corrected chi connectivity index (χ2v) is 5.19. The van der Waals surface area contributed by atoms with Crippen LogP contribution in [-0.2, 0) is 4.74 Å². The minimum Gasteiger partial charge on any atom is -0.376 e. The van der Waals surface area contributed by atoms with Crippen molar-refractivity contribution in [2.24, 2.45) is 11.3 Å². The number of rotatable bonds is 2. The molecule has 0 N–H and O–H groups in total. The average Bonchev–Trinajstić information content (AvgIpc) is 2.70. The summed E-state index contributed by atoms with van der Waals surface area (Å²) in [6.45, 7) is 7.41. The Morgan fingerprint density at radius 1 is 1.36 bits per heavy atom. The molecular weight excluding hydrogens is 137 g/mol. The molecular formula is C10H18O. The first kappa shape index (κ1) is 7.60. The van der Waals surface area contributed by atoms with Crippen LogP contribution in [0.15, 0.2) is 0 Å². The van der Waals surface area contributed by atoms with E-state index in [2.05, 4.69) is 20.8 Å². The lowest BCUT2D eigenvalue weighted by atomic mass is 10.2. The molecule has 64 valence electrons. The highest BCUT2D eigenvalue weighted by Gasteiger charge is 2.62. The van der Waals surface area contributed by atoms with Gasteiger partial charge in [-0.1, -0.05) is 0 Å². The Morgan fingerprint density at radius 2 is 2.00 bits per heavy atom. The van der Waals surface area contributed by atoms with E-state index in [1.165, 1.54) is 19.3 Å². The van der Waals surface area contributed by atoms with Gasteiger partial charge >= 0.3 is 0 Å². The fourth-order valence-electron chi connectivity index (χ4n) is 1.79. The van der Waals surface area contributed by atoms with Gasteiger partial charge in [0.2, 0.25) is 0 Å². The van der Waals surface area contributed by atoms with Crippen molar-refractivity contribution < 1.29 is 4.74 Å². The highest BCUT2D eigenvalue weighted by molar-refractivity contribution is 5.12. The molecule has 2 aliphatic carbocycles. The van der Waals surface area contributed by atoms with Gasteiger partial charge in [0.1, 0.15) is 0 Å². The van der Waals surface area contributed by atoms with Gasteiger partial charge in [0.25, 0.3) is 0 Å². The molecule has 1 unspecified atom stereocenters. The Balaban J connectivity index is 1.69. The third-order valence-electron chi connectivity index (χ3n) is 2.97. The van der Waals surface area contributed by atoms with Crippen molar-refractivity contribution in [2.45, 2.75) is 45.6 Å². The molecule has 2 saturated carbocycles. The Bertz CT molecular complexity index is 162. The lowest BCUT2D eigenvalue weighted by Crippen LogP contribution is -2.20. The quantitative estimate of drug-likeness (QED) is 0.557. The summed E-state index contributed by atoms with van der Waals surface area (Å²) in [5, 5.41) is 0. The molecule has 1 nitrogen and oxygen atoms in total. The fraction of sp³-hybridized carbons (Fsp3) is 1.00. The standard InChI is InChI=1S/C10H18O/c1-9(2,3)11-7-8-6-10(8)4-5-10/h8H,4-7H2,1-3H3/i7+1. The first-order valence-corrected chi connectivity index (χ1v) is 4.66. The molecule has 0 aromatic heterocycles. The zero-order chi connectivity index (χ0) is 8.11. The van der Waals surface area contributed by atoms with Gasteiger partial charge in [-0.3, -0.25) is 0 Å². The van der Waals surface area contributed by atoms with Gasteiger partial charge in [0.05, 0.1) is 12.2 Å². The van der Waals surface area contributed by atoms with Crippen LogP contribution in [0.5, 0.6) is 0 Å². The van der Waals surface area contributed by atoms with Crippen molar-refractivity contribution in [3.63, 3.8) is 0 Å². The summed E-state index contributed by atoms with van der Waals surface area (Å²) in [5.41, 5.74) is 0.879. The zero-order valence-corrected chi connectivity index (χ0v) is 7.81. The van der Waals surface area contributed by atoms with Crippen molar-refractivity contribution in [2.75, 3.05) is 6.61 Å². The molecule has 1 atom stereocenters. The fourth-order valence-corrected chi connectivity index (χ4v) is 1.79. The predicted octanol–water partition coefficient (Wildman–Crippen LogP) is 2.60. The van der Waals surface area contributed by atoms with Crippen molar-refractivity contribution in [1.29, 1.82) is 0 Å². The van der Waals surface area contributed by atoms with Crippen LogP contribution in [0.4, 0.5) is 0 Å². The van der Waals surface area contributed by atoms with Crippen LogP contribution >= 0.6 is 0 Å². The maximum absolute atomic E-state index is 5.73. The summed E-state index contributed by atoms with van der Waals surface area (Å²) in [5.74, 6) is 0.918. The van der Waals surface area contributed by atoms with Crippen LogP contribution < -0.4 is 0 Å². The Morgan fingerprint density at radius 3 is 2.36 bits per heavy atom. The van der Waals surface area contributed by atoms with Crippen molar-refractivity contribution >= 4 is 0 Å². The van der Waals surface area contributed by atoms with Gasteiger partial charge in [0, 0.05) is 0 Å². The first-order valence-electron chi connectivity index (χ1n) is 4.66. The predicted molar refractivity (Wildman–Crippen MR) is 45.5 cm³/mol. The zero-order valence-electron chi connectivity index (χ0n) is 7.81. The van der Waals surface area contributed by atoms with Crippen molar-refractivity contribution in [1.82, 2.24) is 0 Å². The summed E-state index contributed by atoms with van der Waals surface area (Å²) < 4.78 is 5.73. The third-order valence-corrected chi connectivity index (χ3v) is 2.97. The monoisotopic (exact) mass is 155 g/mol. The maximum atomic E-state index is 5.73. The van der Waals surface area contributed by atoms with Gasteiger partial charge in [-0.15, -0.1) is 0 Å². The van der Waals surface area contributed by atoms with E-state index in [9.17, 15) is 0 Å². The number of hydrogen-bond donors (Lipinski definition) is 0. The molecule has 2 fully saturated rings. The largest absolute Gasteiger partial charge is 0.376 e. The molecule has 0 aliphatic heterocycles. The van der Waals surface area contributed by atoms with Crippen LogP contribution in [0.25, 0.3) is 0 Å². The van der Waals surface area contributed by atoms with E-state index in [0.717, 1.165) is 17.9 Å². The molecule has 1 heteroatoms. The molecule has 0 heterocycles. The highest BCUT2D eigenvalue weighted by Crippen LogP contribution is 2.70. The van der Waals surface area contributed by atoms with E-state index in [4.69, 9.17) is 4.74 Å². The van der Waals surface area contributed by atoms with Crippen LogP contribution in [0.1, 0.15) is 40.0 Å². The summed E-state index contributed by atoms with van der Waals surface area (Å²) in [6.07, 6.45) is 4.40. The molecule has 0 radical (unpaired) electrons. The lowest BCUT2D eigenvalue weighted by molar-refractivity contribution is -0.0111. The Kier molecular flexibility index (Phi) is 1.39. The minimum atomic E-state index is 0.0681. The van der Waals surface area contributed by atoms with Crippen molar-refractivity contribution in [3.8, 4) is 0 Å². The molecule has 0 amide bonds. The topological polar surface area (TPSA) is 9.23 Å². The molecule has 2 aliphatic rings. The minimum absolute atomic E-state index is 0.0681. The van der Waals surface area contributed by atoms with Crippen LogP contribution in [0.3, 0.4) is 0 Å². The van der Waals surface area contributed by atoms with E-state index in [1.54, 1.807) is 0 Å². The summed E-state index contributed by atoms with van der Waals surface area (Å²) >= 11 is 0. The molecule has 0 aromatic carbocycles. The Labute approximate surface area is 69.1 Å². The Hall–Kier alpha value is -0.0400. The highest BCUT2D eigenvalue weighted by atomic mass is 16.6. The summed E-state index contributed by atoms with van der Waals surface area (Å²) in [7, 11) is 0. The van der Waals surface area contributed by atoms with Crippen LogP contribution in [0, 0.1) is 11.3 Å². The van der Waals surface area contributed by atoms with Crippen LogP contribution in [0.2, 0.25) is 0 Å². The van der Waals surface area contributed by atoms with E-state index < -0.39 is 0 Å². The SMILES string of the molecule is CC(C)(C)O[13CH2]C1CC12CC2. The van der Waals surface area contributed by atoms with Gasteiger partial charge < -0.3 is 4.74 Å². The van der Waals surface area contributed by atoms with E-state index in [-0.39, 0.29) is 5.60 Å². The average molecular weight is 155 g/mol. The second kappa shape index (κ2) is 2.01. The lowest BCUT2D eigenvalue weighted by Gasteiger charge is -2.19. The van der Waals surface area contributed by atoms with E-state index in [0.29, 0.717) is 0 Å². The normalized spacial score (nSPS) is 32.5. The molecule has 0 bridgehead atoms. The number of hydrogen-bond acceptors (Lipinski definition) is 1. The van der Waals surface area contributed by atoms with Gasteiger partial charge in [-0.2, -0.15) is 0 Å². The second-order valence-electron chi connectivity index (χ2n) is 5.19. The molecule has 11 heavy (non-hydrogen) atoms. The molecule has 0 saturated heterocycles. The third kappa shape index (κ3) is 1.58. The number of ether oxygens (including phenoxy) is 1. The van der Waals surface area contributed by atoms with Gasteiger partial charge in [-0.05, 0) is 51.4 Å². The van der Waals surface area contributed by atoms with Gasteiger partial charge in [-0.25, -0.2) is 0 Å². The van der Waals surface area contributed by atoms with E-state index >= 15 is 0 Å².